The number of aromatic nitrogens is 2. The Kier molecular flexibility index (Phi) is 4.60. The number of allylic oxidation sites excluding steroid dienone is 1. The Balaban J connectivity index is 2.25. The van der Waals surface area contributed by atoms with Crippen LogP contribution in [0.15, 0.2) is 40.9 Å². The number of aryl methyl sites for hydroxylation is 1. The number of hydrogen-bond acceptors (Lipinski definition) is 4. The maximum Gasteiger partial charge on any atom is 0.243 e. The number of dihydropyridines is 1. The second kappa shape index (κ2) is 6.56. The first kappa shape index (κ1) is 17.5. The third-order valence-corrected chi connectivity index (χ3v) is 4.35. The average Bonchev–Trinajstić information content (AvgIpc) is 2.55. The molecule has 1 aliphatic rings. The van der Waals surface area contributed by atoms with Crippen molar-refractivity contribution in [2.45, 2.75) is 25.6 Å². The third kappa shape index (κ3) is 3.42. The molecule has 1 aromatic heterocycles. The first-order valence-corrected chi connectivity index (χ1v) is 8.31. The van der Waals surface area contributed by atoms with Crippen molar-refractivity contribution >= 4 is 17.3 Å². The average molecular weight is 360 g/mol. The van der Waals surface area contributed by atoms with Crippen LogP contribution in [0.4, 0.5) is 4.39 Å². The Hall–Kier alpha value is -2.27. The Morgan fingerprint density at radius 2 is 1.80 bits per heavy atom. The van der Waals surface area contributed by atoms with Crippen LogP contribution in [-0.2, 0) is 0 Å². The summed E-state index contributed by atoms with van der Waals surface area (Å²) in [7, 11) is 1.55. The first-order valence-electron chi connectivity index (χ1n) is 7.93. The molecule has 2 heterocycles. The number of hydrogen-bond donors (Lipinski definition) is 0. The summed E-state index contributed by atoms with van der Waals surface area (Å²) in [5.41, 5.74) is 4.85. The van der Waals surface area contributed by atoms with Crippen LogP contribution in [0, 0.1) is 12.7 Å². The number of aliphatic imine (C=N–C) groups is 1. The fourth-order valence-corrected chi connectivity index (χ4v) is 3.26. The van der Waals surface area contributed by atoms with E-state index >= 15 is 0 Å². The van der Waals surface area contributed by atoms with E-state index in [1.165, 1.54) is 12.1 Å². The highest BCUT2D eigenvalue weighted by Crippen LogP contribution is 2.35. The van der Waals surface area contributed by atoms with Crippen molar-refractivity contribution in [1.29, 1.82) is 0 Å². The van der Waals surface area contributed by atoms with E-state index in [9.17, 15) is 4.39 Å². The van der Waals surface area contributed by atoms with Crippen LogP contribution in [0.2, 0.25) is 0 Å². The summed E-state index contributed by atoms with van der Waals surface area (Å²) in [6.07, 6.45) is 1.99. The van der Waals surface area contributed by atoms with Gasteiger partial charge in [-0.05, 0) is 44.0 Å². The van der Waals surface area contributed by atoms with E-state index in [0.717, 1.165) is 33.7 Å². The minimum atomic E-state index is -0.508. The molecule has 0 saturated carbocycles. The van der Waals surface area contributed by atoms with Crippen molar-refractivity contribution in [2.75, 3.05) is 13.7 Å². The van der Waals surface area contributed by atoms with E-state index < -0.39 is 4.87 Å². The van der Waals surface area contributed by atoms with Gasteiger partial charge in [0.1, 0.15) is 5.82 Å². The number of nitrogens with zero attached hydrogens (tertiary/aromatic N) is 3. The van der Waals surface area contributed by atoms with Gasteiger partial charge < -0.3 is 4.74 Å². The summed E-state index contributed by atoms with van der Waals surface area (Å²) in [5.74, 6) is 0.0931. The molecule has 6 heteroatoms. The Morgan fingerprint density at radius 3 is 2.40 bits per heavy atom. The van der Waals surface area contributed by atoms with E-state index in [1.54, 1.807) is 19.2 Å². The lowest BCUT2D eigenvalue weighted by Gasteiger charge is -2.25. The second-order valence-corrected chi connectivity index (χ2v) is 7.19. The van der Waals surface area contributed by atoms with E-state index in [0.29, 0.717) is 12.4 Å². The molecule has 0 saturated heterocycles. The molecule has 0 bridgehead atoms. The molecular weight excluding hydrogens is 341 g/mol. The quantitative estimate of drug-likeness (QED) is 0.765. The molecule has 0 amide bonds. The van der Waals surface area contributed by atoms with Crippen molar-refractivity contribution in [3.63, 3.8) is 0 Å². The number of ether oxygens (including phenoxy) is 1. The van der Waals surface area contributed by atoms with Crippen molar-refractivity contribution in [3.05, 3.63) is 53.0 Å². The predicted octanol–water partition coefficient (Wildman–Crippen LogP) is 4.35. The van der Waals surface area contributed by atoms with Crippen LogP contribution >= 0.6 is 11.6 Å². The molecule has 1 unspecified atom stereocenters. The molecule has 1 atom stereocenters. The lowest BCUT2D eigenvalue weighted by Crippen LogP contribution is -2.26. The van der Waals surface area contributed by atoms with E-state index in [-0.39, 0.29) is 5.82 Å². The number of methoxy groups -OCH3 is 1. The summed E-state index contributed by atoms with van der Waals surface area (Å²) in [4.78, 5) is 4.17. The smallest absolute Gasteiger partial charge is 0.243 e. The highest BCUT2D eigenvalue weighted by atomic mass is 35.5. The molecule has 3 rings (SSSR count). The second-order valence-electron chi connectivity index (χ2n) is 6.32. The van der Waals surface area contributed by atoms with E-state index in [2.05, 4.69) is 15.2 Å². The first-order chi connectivity index (χ1) is 11.8. The van der Waals surface area contributed by atoms with Crippen molar-refractivity contribution in [2.24, 2.45) is 4.99 Å². The van der Waals surface area contributed by atoms with Crippen LogP contribution in [0.1, 0.15) is 25.1 Å². The highest BCUT2D eigenvalue weighted by Gasteiger charge is 2.28. The molecule has 0 aliphatic carbocycles. The maximum absolute atomic E-state index is 13.4. The SMILES string of the molecule is COc1nnc(C)c(-c2ccc(F)cc2)c1C1=NCC(C)(Cl)C=C1C. The number of halogens is 2. The number of alkyl halides is 1. The zero-order chi connectivity index (χ0) is 18.2. The molecule has 1 aliphatic heterocycles. The fraction of sp³-hybridized carbons (Fsp3) is 0.316. The molecule has 1 aromatic carbocycles. The molecule has 0 fully saturated rings. The van der Waals surface area contributed by atoms with Crippen LogP contribution in [0.25, 0.3) is 11.1 Å². The maximum atomic E-state index is 13.4. The van der Waals surface area contributed by atoms with Gasteiger partial charge in [0.25, 0.3) is 0 Å². The largest absolute Gasteiger partial charge is 0.479 e. The van der Waals surface area contributed by atoms with Crippen molar-refractivity contribution in [1.82, 2.24) is 10.2 Å². The fourth-order valence-electron chi connectivity index (χ4n) is 3.04. The summed E-state index contributed by atoms with van der Waals surface area (Å²) in [6.45, 7) is 6.20. The van der Waals surface area contributed by atoms with Gasteiger partial charge in [0.15, 0.2) is 0 Å². The normalized spacial score (nSPS) is 20.1. The van der Waals surface area contributed by atoms with Crippen molar-refractivity contribution < 1.29 is 9.13 Å². The summed E-state index contributed by atoms with van der Waals surface area (Å²) in [5, 5.41) is 8.35. The zero-order valence-corrected chi connectivity index (χ0v) is 15.4. The van der Waals surface area contributed by atoms with Gasteiger partial charge in [-0.1, -0.05) is 18.2 Å². The standard InChI is InChI=1S/C19H19ClFN3O/c1-11-9-19(3,20)10-22-17(11)16-15(12(2)23-24-18(16)25-4)13-5-7-14(21)8-6-13/h5-9H,10H2,1-4H3. The zero-order valence-electron chi connectivity index (χ0n) is 14.6. The molecule has 0 N–H and O–H groups in total. The highest BCUT2D eigenvalue weighted by molar-refractivity contribution is 6.27. The molecule has 0 spiro atoms. The Bertz CT molecular complexity index is 873. The van der Waals surface area contributed by atoms with Gasteiger partial charge >= 0.3 is 0 Å². The predicted molar refractivity (Wildman–Crippen MR) is 98.1 cm³/mol. The van der Waals surface area contributed by atoms with E-state index in [4.69, 9.17) is 16.3 Å². The van der Waals surface area contributed by atoms with Gasteiger partial charge in [-0.25, -0.2) is 4.39 Å². The van der Waals surface area contributed by atoms with Gasteiger partial charge in [-0.2, -0.15) is 5.10 Å². The van der Waals surface area contributed by atoms with Gasteiger partial charge in [-0.15, -0.1) is 16.7 Å². The molecule has 0 radical (unpaired) electrons. The van der Waals surface area contributed by atoms with Gasteiger partial charge in [0.2, 0.25) is 5.88 Å². The van der Waals surface area contributed by atoms with Crippen LogP contribution < -0.4 is 4.74 Å². The van der Waals surface area contributed by atoms with Gasteiger partial charge in [0.05, 0.1) is 35.5 Å². The van der Waals surface area contributed by atoms with Crippen molar-refractivity contribution in [3.8, 4) is 17.0 Å². The summed E-state index contributed by atoms with van der Waals surface area (Å²) >= 11 is 6.41. The lowest BCUT2D eigenvalue weighted by molar-refractivity contribution is 0.390. The molecule has 4 nitrogen and oxygen atoms in total. The van der Waals surface area contributed by atoms with Crippen LogP contribution in [0.5, 0.6) is 5.88 Å². The van der Waals surface area contributed by atoms with Crippen LogP contribution in [-0.4, -0.2) is 34.4 Å². The minimum Gasteiger partial charge on any atom is -0.479 e. The minimum absolute atomic E-state index is 0.291. The Morgan fingerprint density at radius 1 is 1.12 bits per heavy atom. The molecule has 2 aromatic rings. The summed E-state index contributed by atoms with van der Waals surface area (Å²) in [6, 6.07) is 6.28. The molecule has 130 valence electrons. The van der Waals surface area contributed by atoms with Gasteiger partial charge in [-0.3, -0.25) is 4.99 Å². The molecular formula is C19H19ClFN3O. The number of benzene rings is 1. The van der Waals surface area contributed by atoms with E-state index in [1.807, 2.05) is 26.8 Å². The number of rotatable bonds is 3. The third-order valence-electron chi connectivity index (χ3n) is 4.12. The monoisotopic (exact) mass is 359 g/mol. The summed E-state index contributed by atoms with van der Waals surface area (Å²) < 4.78 is 18.8. The lowest BCUT2D eigenvalue weighted by atomic mass is 9.90. The van der Waals surface area contributed by atoms with Gasteiger partial charge in [0, 0.05) is 5.56 Å². The molecule has 25 heavy (non-hydrogen) atoms. The van der Waals surface area contributed by atoms with Crippen LogP contribution in [0.3, 0.4) is 0 Å². The Labute approximate surface area is 151 Å². The topological polar surface area (TPSA) is 47.4 Å².